The third kappa shape index (κ3) is 2.82. The molecule has 5 nitrogen and oxygen atoms in total. The summed E-state index contributed by atoms with van der Waals surface area (Å²) >= 11 is 0. The number of hydrogen-bond donors (Lipinski definition) is 0. The number of likely N-dealkylation sites (tertiary alicyclic amines) is 1. The van der Waals surface area contributed by atoms with E-state index in [0.29, 0.717) is 19.0 Å². The molecule has 0 bridgehead atoms. The van der Waals surface area contributed by atoms with Crippen molar-refractivity contribution in [1.82, 2.24) is 14.7 Å². The van der Waals surface area contributed by atoms with Crippen molar-refractivity contribution in [3.63, 3.8) is 0 Å². The van der Waals surface area contributed by atoms with Crippen molar-refractivity contribution in [3.8, 4) is 0 Å². The van der Waals surface area contributed by atoms with Crippen LogP contribution in [0.3, 0.4) is 0 Å². The lowest BCUT2D eigenvalue weighted by Crippen LogP contribution is -2.50. The van der Waals surface area contributed by atoms with Crippen molar-refractivity contribution in [1.29, 1.82) is 0 Å². The molecular weight excluding hydrogens is 254 g/mol. The molecule has 1 saturated carbocycles. The molecule has 3 rings (SSSR count). The summed E-state index contributed by atoms with van der Waals surface area (Å²) in [5.74, 6) is 0.314. The smallest absolute Gasteiger partial charge is 0.228 e. The summed E-state index contributed by atoms with van der Waals surface area (Å²) in [6.07, 6.45) is 3.86. The van der Waals surface area contributed by atoms with E-state index in [2.05, 4.69) is 11.8 Å². The third-order valence-electron chi connectivity index (χ3n) is 4.72. The van der Waals surface area contributed by atoms with Gasteiger partial charge in [0.1, 0.15) is 0 Å². The Labute approximate surface area is 120 Å². The highest BCUT2D eigenvalue weighted by Crippen LogP contribution is 2.33. The van der Waals surface area contributed by atoms with Gasteiger partial charge in [0.15, 0.2) is 0 Å². The lowest BCUT2D eigenvalue weighted by molar-refractivity contribution is -0.137. The number of nitrogens with zero attached hydrogens (tertiary/aromatic N) is 3. The molecular formula is C15H25N3O2. The molecule has 112 valence electrons. The monoisotopic (exact) mass is 279 g/mol. The van der Waals surface area contributed by atoms with Crippen LogP contribution in [-0.2, 0) is 9.59 Å². The van der Waals surface area contributed by atoms with Crippen molar-refractivity contribution in [2.75, 3.05) is 39.3 Å². The van der Waals surface area contributed by atoms with Crippen LogP contribution in [0.1, 0.15) is 32.6 Å². The maximum atomic E-state index is 12.5. The van der Waals surface area contributed by atoms with Gasteiger partial charge in [-0.2, -0.15) is 0 Å². The summed E-state index contributed by atoms with van der Waals surface area (Å²) in [6, 6.07) is 0.446. The minimum Gasteiger partial charge on any atom is -0.340 e. The Kier molecular flexibility index (Phi) is 3.96. The van der Waals surface area contributed by atoms with Crippen LogP contribution in [0.15, 0.2) is 0 Å². The number of amides is 2. The number of piperazine rings is 1. The van der Waals surface area contributed by atoms with Crippen LogP contribution in [0.2, 0.25) is 0 Å². The Morgan fingerprint density at radius 1 is 1.20 bits per heavy atom. The van der Waals surface area contributed by atoms with Crippen LogP contribution in [-0.4, -0.2) is 71.8 Å². The fraction of sp³-hybridized carbons (Fsp3) is 0.867. The first kappa shape index (κ1) is 13.9. The van der Waals surface area contributed by atoms with Crippen molar-refractivity contribution >= 4 is 11.8 Å². The number of carbonyl (C=O) groups excluding carboxylic acids is 2. The minimum absolute atomic E-state index is 0.0826. The highest BCUT2D eigenvalue weighted by molar-refractivity contribution is 5.89. The number of rotatable bonds is 4. The predicted octanol–water partition coefficient (Wildman–Crippen LogP) is 0.552. The Morgan fingerprint density at radius 2 is 1.90 bits per heavy atom. The largest absolute Gasteiger partial charge is 0.340 e. The second-order valence-corrected chi connectivity index (χ2v) is 6.35. The lowest BCUT2D eigenvalue weighted by Gasteiger charge is -2.35. The molecule has 0 aromatic rings. The van der Waals surface area contributed by atoms with Crippen LogP contribution >= 0.6 is 0 Å². The first-order chi connectivity index (χ1) is 9.69. The Balaban J connectivity index is 1.51. The molecule has 0 radical (unpaired) electrons. The lowest BCUT2D eigenvalue weighted by atomic mass is 10.1. The van der Waals surface area contributed by atoms with Gasteiger partial charge in [-0.3, -0.25) is 14.5 Å². The van der Waals surface area contributed by atoms with Crippen molar-refractivity contribution in [2.45, 2.75) is 38.6 Å². The average molecular weight is 279 g/mol. The highest BCUT2D eigenvalue weighted by Gasteiger charge is 2.43. The van der Waals surface area contributed by atoms with E-state index >= 15 is 0 Å². The van der Waals surface area contributed by atoms with E-state index in [0.717, 1.165) is 45.6 Å². The number of hydrogen-bond acceptors (Lipinski definition) is 3. The van der Waals surface area contributed by atoms with Gasteiger partial charge in [-0.15, -0.1) is 0 Å². The van der Waals surface area contributed by atoms with Gasteiger partial charge in [-0.05, 0) is 25.8 Å². The molecule has 1 atom stereocenters. The summed E-state index contributed by atoms with van der Waals surface area (Å²) in [5, 5.41) is 0. The third-order valence-corrected chi connectivity index (χ3v) is 4.72. The van der Waals surface area contributed by atoms with Crippen LogP contribution < -0.4 is 0 Å². The van der Waals surface area contributed by atoms with Crippen molar-refractivity contribution < 1.29 is 9.59 Å². The fourth-order valence-corrected chi connectivity index (χ4v) is 3.40. The summed E-state index contributed by atoms with van der Waals surface area (Å²) in [6.45, 7) is 7.59. The van der Waals surface area contributed by atoms with Gasteiger partial charge in [-0.25, -0.2) is 0 Å². The second-order valence-electron chi connectivity index (χ2n) is 6.35. The maximum Gasteiger partial charge on any atom is 0.228 e. The van der Waals surface area contributed by atoms with Gasteiger partial charge >= 0.3 is 0 Å². The zero-order valence-electron chi connectivity index (χ0n) is 12.4. The minimum atomic E-state index is -0.0826. The fourth-order valence-electron chi connectivity index (χ4n) is 3.40. The number of carbonyl (C=O) groups is 2. The summed E-state index contributed by atoms with van der Waals surface area (Å²) in [5.41, 5.74) is 0. The van der Waals surface area contributed by atoms with Crippen LogP contribution in [0.4, 0.5) is 0 Å². The van der Waals surface area contributed by atoms with E-state index in [9.17, 15) is 9.59 Å². The molecule has 0 aromatic heterocycles. The van der Waals surface area contributed by atoms with Gasteiger partial charge in [0, 0.05) is 45.2 Å². The molecule has 2 saturated heterocycles. The molecule has 20 heavy (non-hydrogen) atoms. The molecule has 3 aliphatic rings. The molecule has 3 fully saturated rings. The Morgan fingerprint density at radius 3 is 2.50 bits per heavy atom. The summed E-state index contributed by atoms with van der Waals surface area (Å²) in [4.78, 5) is 30.8. The highest BCUT2D eigenvalue weighted by atomic mass is 16.2. The molecule has 0 N–H and O–H groups in total. The van der Waals surface area contributed by atoms with Crippen LogP contribution in [0.5, 0.6) is 0 Å². The maximum absolute atomic E-state index is 12.5. The summed E-state index contributed by atoms with van der Waals surface area (Å²) < 4.78 is 0. The second kappa shape index (κ2) is 5.72. The topological polar surface area (TPSA) is 43.9 Å². The standard InChI is InChI=1S/C15H25N3O2/c1-2-5-16-6-8-17(9-7-16)15(20)12-10-14(19)18(11-12)13-3-4-13/h12-13H,2-11H2,1H3/t12-/m0/s1. The van der Waals surface area contributed by atoms with Gasteiger partial charge in [0.25, 0.3) is 0 Å². The van der Waals surface area contributed by atoms with Crippen molar-refractivity contribution in [2.24, 2.45) is 5.92 Å². The first-order valence-electron chi connectivity index (χ1n) is 7.99. The average Bonchev–Trinajstić information content (AvgIpc) is 3.22. The van der Waals surface area contributed by atoms with E-state index in [1.54, 1.807) is 0 Å². The molecule has 0 spiro atoms. The molecule has 2 amide bonds. The SMILES string of the molecule is CCCN1CCN(C(=O)[C@H]2CC(=O)N(C3CC3)C2)CC1. The normalized spacial score (nSPS) is 28.2. The molecule has 2 heterocycles. The zero-order valence-corrected chi connectivity index (χ0v) is 12.4. The van der Waals surface area contributed by atoms with Gasteiger partial charge in [0.05, 0.1) is 5.92 Å². The quantitative estimate of drug-likeness (QED) is 0.755. The zero-order chi connectivity index (χ0) is 14.1. The Bertz CT molecular complexity index is 387. The van der Waals surface area contributed by atoms with Crippen LogP contribution in [0, 0.1) is 5.92 Å². The van der Waals surface area contributed by atoms with E-state index < -0.39 is 0 Å². The van der Waals surface area contributed by atoms with Gasteiger partial charge in [-0.1, -0.05) is 6.92 Å². The van der Waals surface area contributed by atoms with E-state index in [1.165, 1.54) is 6.42 Å². The molecule has 2 aliphatic heterocycles. The Hall–Kier alpha value is -1.10. The predicted molar refractivity (Wildman–Crippen MR) is 76.2 cm³/mol. The van der Waals surface area contributed by atoms with E-state index in [-0.39, 0.29) is 17.7 Å². The molecule has 1 aliphatic carbocycles. The van der Waals surface area contributed by atoms with Crippen molar-refractivity contribution in [3.05, 3.63) is 0 Å². The van der Waals surface area contributed by atoms with Crippen LogP contribution in [0.25, 0.3) is 0 Å². The first-order valence-corrected chi connectivity index (χ1v) is 7.99. The van der Waals surface area contributed by atoms with E-state index in [4.69, 9.17) is 0 Å². The molecule has 0 unspecified atom stereocenters. The van der Waals surface area contributed by atoms with E-state index in [1.807, 2.05) is 9.80 Å². The molecule has 0 aromatic carbocycles. The summed E-state index contributed by atoms with van der Waals surface area (Å²) in [7, 11) is 0. The van der Waals surface area contributed by atoms with Gasteiger partial charge in [0.2, 0.25) is 11.8 Å². The molecule has 5 heteroatoms. The van der Waals surface area contributed by atoms with Gasteiger partial charge < -0.3 is 9.80 Å².